The Balaban J connectivity index is 1.50. The Kier molecular flexibility index (Phi) is 5.59. The van der Waals surface area contributed by atoms with Crippen LogP contribution in [0.15, 0.2) is 35.7 Å². The lowest BCUT2D eigenvalue weighted by Crippen LogP contribution is -2.38. The number of carbonyl (C=O) groups excluding carboxylic acids is 2. The van der Waals surface area contributed by atoms with Crippen LogP contribution in [0.2, 0.25) is 0 Å². The van der Waals surface area contributed by atoms with Gasteiger partial charge in [-0.25, -0.2) is 9.78 Å². The summed E-state index contributed by atoms with van der Waals surface area (Å²) < 4.78 is 5.07. The fraction of sp³-hybridized carbons (Fsp3) is 0.389. The van der Waals surface area contributed by atoms with Gasteiger partial charge in [-0.2, -0.15) is 0 Å². The molecular formula is C18H20N2O3S. The van der Waals surface area contributed by atoms with Crippen LogP contribution in [0.5, 0.6) is 0 Å². The Morgan fingerprint density at radius 3 is 2.67 bits per heavy atom. The van der Waals surface area contributed by atoms with Crippen LogP contribution in [-0.2, 0) is 9.53 Å². The minimum absolute atomic E-state index is 0.217. The first kappa shape index (κ1) is 16.6. The van der Waals surface area contributed by atoms with Gasteiger partial charge in [0.1, 0.15) is 5.01 Å². The average molecular weight is 344 g/mol. The summed E-state index contributed by atoms with van der Waals surface area (Å²) in [5, 5.41) is 5.34. The van der Waals surface area contributed by atoms with Gasteiger partial charge >= 0.3 is 5.97 Å². The number of benzene rings is 1. The zero-order valence-corrected chi connectivity index (χ0v) is 14.2. The van der Waals surface area contributed by atoms with E-state index in [-0.39, 0.29) is 24.2 Å². The highest BCUT2D eigenvalue weighted by Crippen LogP contribution is 2.23. The number of ether oxygens (including phenoxy) is 1. The number of aromatic nitrogens is 1. The predicted molar refractivity (Wildman–Crippen MR) is 92.8 cm³/mol. The summed E-state index contributed by atoms with van der Waals surface area (Å²) in [6.07, 6.45) is 5.53. The number of amides is 1. The molecule has 0 atom stereocenters. The second kappa shape index (κ2) is 8.06. The molecule has 1 fully saturated rings. The molecule has 1 aliphatic carbocycles. The van der Waals surface area contributed by atoms with Gasteiger partial charge < -0.3 is 10.1 Å². The van der Waals surface area contributed by atoms with Crippen molar-refractivity contribution in [2.75, 3.05) is 6.61 Å². The smallest absolute Gasteiger partial charge is 0.358 e. The second-order valence-corrected chi connectivity index (χ2v) is 6.74. The van der Waals surface area contributed by atoms with Gasteiger partial charge in [-0.1, -0.05) is 49.6 Å². The Morgan fingerprint density at radius 2 is 1.92 bits per heavy atom. The summed E-state index contributed by atoms with van der Waals surface area (Å²) in [5.74, 6) is -0.805. The van der Waals surface area contributed by atoms with E-state index in [1.165, 1.54) is 17.8 Å². The van der Waals surface area contributed by atoms with E-state index in [4.69, 9.17) is 4.74 Å². The van der Waals surface area contributed by atoms with Crippen LogP contribution in [0.4, 0.5) is 0 Å². The van der Waals surface area contributed by atoms with Crippen molar-refractivity contribution in [1.29, 1.82) is 0 Å². The highest BCUT2D eigenvalue weighted by molar-refractivity contribution is 7.13. The Bertz CT molecular complexity index is 693. The average Bonchev–Trinajstić information content (AvgIpc) is 3.11. The molecule has 0 saturated heterocycles. The molecule has 1 aliphatic rings. The summed E-state index contributed by atoms with van der Waals surface area (Å²) >= 11 is 1.38. The summed E-state index contributed by atoms with van der Waals surface area (Å²) in [4.78, 5) is 28.2. The Morgan fingerprint density at radius 1 is 1.17 bits per heavy atom. The molecule has 1 amide bonds. The van der Waals surface area contributed by atoms with E-state index in [0.29, 0.717) is 0 Å². The van der Waals surface area contributed by atoms with Gasteiger partial charge in [0.05, 0.1) is 0 Å². The van der Waals surface area contributed by atoms with Gasteiger partial charge in [-0.3, -0.25) is 4.79 Å². The third-order valence-electron chi connectivity index (χ3n) is 4.04. The maximum absolute atomic E-state index is 12.0. The van der Waals surface area contributed by atoms with Crippen LogP contribution < -0.4 is 5.32 Å². The van der Waals surface area contributed by atoms with Crippen molar-refractivity contribution in [2.45, 2.75) is 38.1 Å². The molecule has 6 heteroatoms. The van der Waals surface area contributed by atoms with E-state index in [2.05, 4.69) is 10.3 Å². The first-order valence-electron chi connectivity index (χ1n) is 8.20. The molecule has 0 radical (unpaired) electrons. The lowest BCUT2D eigenvalue weighted by Gasteiger charge is -2.22. The molecule has 0 bridgehead atoms. The number of nitrogens with zero attached hydrogens (tertiary/aromatic N) is 1. The lowest BCUT2D eigenvalue weighted by molar-refractivity contribution is -0.125. The number of hydrogen-bond acceptors (Lipinski definition) is 5. The number of carbonyl (C=O) groups is 2. The monoisotopic (exact) mass is 344 g/mol. The van der Waals surface area contributed by atoms with Gasteiger partial charge in [-0.05, 0) is 12.8 Å². The van der Waals surface area contributed by atoms with E-state index in [1.807, 2.05) is 30.3 Å². The van der Waals surface area contributed by atoms with Gasteiger partial charge in [0.25, 0.3) is 5.91 Å². The van der Waals surface area contributed by atoms with Gasteiger partial charge in [0, 0.05) is 17.0 Å². The minimum atomic E-state index is -0.563. The standard InChI is InChI=1S/C18H20N2O3S/c21-16(19-14-9-5-2-6-10-14)11-23-18(22)15-12-24-17(20-15)13-7-3-1-4-8-13/h1,3-4,7-8,12,14H,2,5-6,9-11H2,(H,19,21). The molecule has 1 heterocycles. The Hall–Kier alpha value is -2.21. The van der Waals surface area contributed by atoms with Gasteiger partial charge in [-0.15, -0.1) is 11.3 Å². The van der Waals surface area contributed by atoms with E-state index in [1.54, 1.807) is 5.38 Å². The molecule has 24 heavy (non-hydrogen) atoms. The van der Waals surface area contributed by atoms with E-state index in [9.17, 15) is 9.59 Å². The minimum Gasteiger partial charge on any atom is -0.451 e. The van der Waals surface area contributed by atoms with Crippen LogP contribution >= 0.6 is 11.3 Å². The fourth-order valence-electron chi connectivity index (χ4n) is 2.80. The number of hydrogen-bond donors (Lipinski definition) is 1. The summed E-state index contributed by atoms with van der Waals surface area (Å²) in [5.41, 5.74) is 1.20. The quantitative estimate of drug-likeness (QED) is 0.844. The Labute approximate surface area is 145 Å². The van der Waals surface area contributed by atoms with Crippen LogP contribution in [0.25, 0.3) is 10.6 Å². The maximum Gasteiger partial charge on any atom is 0.358 e. The topological polar surface area (TPSA) is 68.3 Å². The normalized spacial score (nSPS) is 15.0. The second-order valence-electron chi connectivity index (χ2n) is 5.88. The molecule has 5 nitrogen and oxygen atoms in total. The largest absolute Gasteiger partial charge is 0.451 e. The number of thiazole rings is 1. The molecule has 0 unspecified atom stereocenters. The predicted octanol–water partition coefficient (Wildman–Crippen LogP) is 3.42. The third-order valence-corrected chi connectivity index (χ3v) is 4.93. The van der Waals surface area contributed by atoms with Crippen LogP contribution in [-0.4, -0.2) is 29.5 Å². The van der Waals surface area contributed by atoms with Gasteiger partial charge in [0.2, 0.25) is 0 Å². The molecule has 1 aromatic heterocycles. The van der Waals surface area contributed by atoms with Crippen LogP contribution in [0.1, 0.15) is 42.6 Å². The number of nitrogens with one attached hydrogen (secondary N) is 1. The lowest BCUT2D eigenvalue weighted by atomic mass is 9.95. The molecular weight excluding hydrogens is 324 g/mol. The van der Waals surface area contributed by atoms with E-state index in [0.717, 1.165) is 36.3 Å². The van der Waals surface area contributed by atoms with Gasteiger partial charge in [0.15, 0.2) is 12.3 Å². The fourth-order valence-corrected chi connectivity index (χ4v) is 3.60. The van der Waals surface area contributed by atoms with Crippen molar-refractivity contribution < 1.29 is 14.3 Å². The van der Waals surface area contributed by atoms with Crippen molar-refractivity contribution in [3.8, 4) is 10.6 Å². The first-order valence-corrected chi connectivity index (χ1v) is 9.08. The zero-order valence-electron chi connectivity index (χ0n) is 13.4. The third kappa shape index (κ3) is 4.41. The molecule has 2 aromatic rings. The number of esters is 1. The van der Waals surface area contributed by atoms with Crippen LogP contribution in [0, 0.1) is 0 Å². The molecule has 3 rings (SSSR count). The zero-order chi connectivity index (χ0) is 16.8. The van der Waals surface area contributed by atoms with E-state index >= 15 is 0 Å². The molecule has 1 N–H and O–H groups in total. The highest BCUT2D eigenvalue weighted by atomic mass is 32.1. The molecule has 1 saturated carbocycles. The first-order chi connectivity index (χ1) is 11.7. The van der Waals surface area contributed by atoms with Crippen molar-refractivity contribution in [3.63, 3.8) is 0 Å². The molecule has 0 aliphatic heterocycles. The van der Waals surface area contributed by atoms with Crippen molar-refractivity contribution >= 4 is 23.2 Å². The molecule has 0 spiro atoms. The van der Waals surface area contributed by atoms with Crippen molar-refractivity contribution in [3.05, 3.63) is 41.4 Å². The molecule has 1 aromatic carbocycles. The molecule has 126 valence electrons. The van der Waals surface area contributed by atoms with Crippen LogP contribution in [0.3, 0.4) is 0 Å². The van der Waals surface area contributed by atoms with E-state index < -0.39 is 5.97 Å². The number of rotatable bonds is 5. The summed E-state index contributed by atoms with van der Waals surface area (Å²) in [7, 11) is 0. The highest BCUT2D eigenvalue weighted by Gasteiger charge is 2.18. The SMILES string of the molecule is O=C(COC(=O)c1csc(-c2ccccc2)n1)NC1CCCCC1. The van der Waals surface area contributed by atoms with Crippen molar-refractivity contribution in [2.24, 2.45) is 0 Å². The summed E-state index contributed by atoms with van der Waals surface area (Å²) in [6, 6.07) is 9.86. The maximum atomic E-state index is 12.0. The summed E-state index contributed by atoms with van der Waals surface area (Å²) in [6.45, 7) is -0.256. The van der Waals surface area contributed by atoms with Crippen molar-refractivity contribution in [1.82, 2.24) is 10.3 Å².